The zero-order valence-corrected chi connectivity index (χ0v) is 12.3. The second kappa shape index (κ2) is 6.65. The summed E-state index contributed by atoms with van der Waals surface area (Å²) in [5.41, 5.74) is -0.781. The highest BCUT2D eigenvalue weighted by atomic mass is 16.6. The van der Waals surface area contributed by atoms with Gasteiger partial charge in [-0.3, -0.25) is 25.0 Å². The first-order valence-electron chi connectivity index (χ1n) is 6.55. The molecule has 0 unspecified atom stereocenters. The lowest BCUT2D eigenvalue weighted by molar-refractivity contribution is -0.385. The maximum absolute atomic E-state index is 12.2. The van der Waals surface area contributed by atoms with Gasteiger partial charge >= 0.3 is 11.7 Å². The minimum atomic E-state index is -0.974. The van der Waals surface area contributed by atoms with Gasteiger partial charge in [0.2, 0.25) is 5.75 Å². The molecule has 0 radical (unpaired) electrons. The molecule has 9 nitrogen and oxygen atoms in total. The van der Waals surface area contributed by atoms with Crippen LogP contribution < -0.4 is 4.74 Å². The summed E-state index contributed by atoms with van der Waals surface area (Å²) in [5.74, 6) is -1.33. The van der Waals surface area contributed by atoms with E-state index in [0.717, 1.165) is 12.1 Å². The van der Waals surface area contributed by atoms with E-state index < -0.39 is 21.5 Å². The first-order chi connectivity index (χ1) is 11.3. The monoisotopic (exact) mass is 330 g/mol. The molecular weight excluding hydrogens is 320 g/mol. The molecule has 0 spiro atoms. The SMILES string of the molecule is Cc1c(C(=O)Oc2ccc(C=O)cc2[N+](=O)[O-])cccc1[N+](=O)[O-]. The van der Waals surface area contributed by atoms with E-state index in [9.17, 15) is 29.8 Å². The quantitative estimate of drug-likeness (QED) is 0.271. The Bertz CT molecular complexity index is 861. The normalized spacial score (nSPS) is 10.0. The third-order valence-corrected chi connectivity index (χ3v) is 3.24. The molecule has 0 saturated heterocycles. The van der Waals surface area contributed by atoms with Gasteiger partial charge in [0.05, 0.1) is 15.4 Å². The molecule has 0 aliphatic heterocycles. The van der Waals surface area contributed by atoms with Crippen molar-refractivity contribution < 1.29 is 24.2 Å². The second-order valence-corrected chi connectivity index (χ2v) is 4.70. The van der Waals surface area contributed by atoms with Crippen molar-refractivity contribution in [1.29, 1.82) is 0 Å². The summed E-state index contributed by atoms with van der Waals surface area (Å²) in [6, 6.07) is 7.20. The van der Waals surface area contributed by atoms with E-state index in [-0.39, 0.29) is 28.1 Å². The van der Waals surface area contributed by atoms with Crippen LogP contribution in [-0.2, 0) is 0 Å². The number of rotatable bonds is 5. The van der Waals surface area contributed by atoms with Crippen LogP contribution in [0, 0.1) is 27.2 Å². The number of carbonyl (C=O) groups excluding carboxylic acids is 2. The molecule has 0 fully saturated rings. The van der Waals surface area contributed by atoms with Gasteiger partial charge in [0.25, 0.3) is 5.69 Å². The summed E-state index contributed by atoms with van der Waals surface area (Å²) in [6.45, 7) is 1.37. The molecule has 0 bridgehead atoms. The fourth-order valence-electron chi connectivity index (χ4n) is 2.03. The maximum Gasteiger partial charge on any atom is 0.344 e. The number of hydrogen-bond donors (Lipinski definition) is 0. The van der Waals surface area contributed by atoms with Gasteiger partial charge in [-0.1, -0.05) is 6.07 Å². The molecule has 0 atom stereocenters. The van der Waals surface area contributed by atoms with Gasteiger partial charge in [-0.15, -0.1) is 0 Å². The van der Waals surface area contributed by atoms with Crippen molar-refractivity contribution in [2.75, 3.05) is 0 Å². The topological polar surface area (TPSA) is 130 Å². The summed E-state index contributed by atoms with van der Waals surface area (Å²) in [5, 5.41) is 21.9. The smallest absolute Gasteiger partial charge is 0.344 e. The average molecular weight is 330 g/mol. The summed E-state index contributed by atoms with van der Waals surface area (Å²) >= 11 is 0. The maximum atomic E-state index is 12.2. The van der Waals surface area contributed by atoms with Crippen molar-refractivity contribution in [1.82, 2.24) is 0 Å². The van der Waals surface area contributed by atoms with E-state index in [1.54, 1.807) is 0 Å². The lowest BCUT2D eigenvalue weighted by Gasteiger charge is -2.07. The standard InChI is InChI=1S/C15H10N2O7/c1-9-11(3-2-4-12(9)16(20)21)15(19)24-14-6-5-10(8-18)7-13(14)17(22)23/h2-8H,1H3. The van der Waals surface area contributed by atoms with E-state index in [0.29, 0.717) is 6.29 Å². The van der Waals surface area contributed by atoms with Crippen LogP contribution in [0.25, 0.3) is 0 Å². The van der Waals surface area contributed by atoms with E-state index in [1.165, 1.54) is 31.2 Å². The van der Waals surface area contributed by atoms with Crippen LogP contribution in [0.1, 0.15) is 26.3 Å². The molecule has 0 aliphatic carbocycles. The summed E-state index contributed by atoms with van der Waals surface area (Å²) < 4.78 is 4.99. The Kier molecular flexibility index (Phi) is 4.64. The molecule has 122 valence electrons. The number of aldehydes is 1. The van der Waals surface area contributed by atoms with Gasteiger partial charge in [0, 0.05) is 23.3 Å². The highest BCUT2D eigenvalue weighted by molar-refractivity contribution is 5.94. The third-order valence-electron chi connectivity index (χ3n) is 3.24. The molecule has 24 heavy (non-hydrogen) atoms. The van der Waals surface area contributed by atoms with Crippen LogP contribution in [0.3, 0.4) is 0 Å². The van der Waals surface area contributed by atoms with Crippen LogP contribution >= 0.6 is 0 Å². The van der Waals surface area contributed by atoms with Gasteiger partial charge in [0.1, 0.15) is 6.29 Å². The van der Waals surface area contributed by atoms with Crippen molar-refractivity contribution >= 4 is 23.6 Å². The number of benzene rings is 2. The van der Waals surface area contributed by atoms with Crippen LogP contribution in [-0.4, -0.2) is 22.1 Å². The molecule has 0 amide bonds. The predicted octanol–water partition coefficient (Wildman–Crippen LogP) is 2.84. The van der Waals surface area contributed by atoms with E-state index in [4.69, 9.17) is 4.74 Å². The molecule has 2 aromatic carbocycles. The number of nitrogens with zero attached hydrogens (tertiary/aromatic N) is 2. The molecule has 9 heteroatoms. The highest BCUT2D eigenvalue weighted by Gasteiger charge is 2.23. The van der Waals surface area contributed by atoms with Gasteiger partial charge in [-0.25, -0.2) is 4.79 Å². The number of nitro groups is 2. The fourth-order valence-corrected chi connectivity index (χ4v) is 2.03. The van der Waals surface area contributed by atoms with Crippen LogP contribution in [0.2, 0.25) is 0 Å². The largest absolute Gasteiger partial charge is 0.416 e. The van der Waals surface area contributed by atoms with E-state index in [2.05, 4.69) is 0 Å². The number of esters is 1. The third kappa shape index (κ3) is 3.24. The number of hydrogen-bond acceptors (Lipinski definition) is 7. The molecule has 0 saturated carbocycles. The zero-order valence-electron chi connectivity index (χ0n) is 12.3. The van der Waals surface area contributed by atoms with Crippen molar-refractivity contribution in [3.63, 3.8) is 0 Å². The molecule has 0 N–H and O–H groups in total. The lowest BCUT2D eigenvalue weighted by atomic mass is 10.1. The van der Waals surface area contributed by atoms with Crippen molar-refractivity contribution in [3.8, 4) is 5.75 Å². The Morgan fingerprint density at radius 2 is 1.75 bits per heavy atom. The predicted molar refractivity (Wildman–Crippen MR) is 81.3 cm³/mol. The molecular formula is C15H10N2O7. The van der Waals surface area contributed by atoms with Crippen molar-refractivity contribution in [2.45, 2.75) is 6.92 Å². The summed E-state index contributed by atoms with van der Waals surface area (Å²) in [6.07, 6.45) is 0.420. The number of nitro benzene ring substituents is 2. The van der Waals surface area contributed by atoms with Crippen LogP contribution in [0.4, 0.5) is 11.4 Å². The Labute approximate surface area is 134 Å². The number of carbonyl (C=O) groups is 2. The molecule has 0 aliphatic rings. The average Bonchev–Trinajstić information content (AvgIpc) is 2.54. The number of ether oxygens (including phenoxy) is 1. The fraction of sp³-hybridized carbons (Fsp3) is 0.0667. The first kappa shape index (κ1) is 16.7. The minimum Gasteiger partial charge on any atom is -0.416 e. The first-order valence-corrected chi connectivity index (χ1v) is 6.55. The van der Waals surface area contributed by atoms with Gasteiger partial charge < -0.3 is 4.74 Å². The molecule has 2 aromatic rings. The Hall–Kier alpha value is -3.62. The lowest BCUT2D eigenvalue weighted by Crippen LogP contribution is -2.12. The highest BCUT2D eigenvalue weighted by Crippen LogP contribution is 2.29. The van der Waals surface area contributed by atoms with Crippen LogP contribution in [0.15, 0.2) is 36.4 Å². The minimum absolute atomic E-state index is 0.0491. The van der Waals surface area contributed by atoms with Crippen molar-refractivity contribution in [3.05, 3.63) is 73.3 Å². The zero-order chi connectivity index (χ0) is 17.9. The second-order valence-electron chi connectivity index (χ2n) is 4.70. The van der Waals surface area contributed by atoms with Gasteiger partial charge in [-0.2, -0.15) is 0 Å². The Balaban J connectivity index is 2.41. The molecule has 2 rings (SSSR count). The van der Waals surface area contributed by atoms with Crippen molar-refractivity contribution in [2.24, 2.45) is 0 Å². The molecule has 0 heterocycles. The molecule has 0 aromatic heterocycles. The van der Waals surface area contributed by atoms with Crippen LogP contribution in [0.5, 0.6) is 5.75 Å². The Morgan fingerprint density at radius 1 is 1.08 bits per heavy atom. The van der Waals surface area contributed by atoms with E-state index >= 15 is 0 Å². The van der Waals surface area contributed by atoms with E-state index in [1.807, 2.05) is 0 Å². The van der Waals surface area contributed by atoms with Gasteiger partial charge in [0.15, 0.2) is 0 Å². The van der Waals surface area contributed by atoms with Gasteiger partial charge in [-0.05, 0) is 25.1 Å². The summed E-state index contributed by atoms with van der Waals surface area (Å²) in [4.78, 5) is 43.4. The summed E-state index contributed by atoms with van der Waals surface area (Å²) in [7, 11) is 0. The Morgan fingerprint density at radius 3 is 2.33 bits per heavy atom.